The highest BCUT2D eigenvalue weighted by Crippen LogP contribution is 2.38. The van der Waals surface area contributed by atoms with Crippen LogP contribution in [0.4, 0.5) is 8.78 Å². The van der Waals surface area contributed by atoms with Crippen LogP contribution in [-0.2, 0) is 11.2 Å². The van der Waals surface area contributed by atoms with Gasteiger partial charge in [-0.2, -0.15) is 4.98 Å². The lowest BCUT2D eigenvalue weighted by molar-refractivity contribution is -0.130. The number of rotatable bonds is 6. The summed E-state index contributed by atoms with van der Waals surface area (Å²) in [4.78, 5) is 32.3. The summed E-state index contributed by atoms with van der Waals surface area (Å²) in [5, 5.41) is 3.97. The minimum atomic E-state index is -0.884. The second-order valence-corrected chi connectivity index (χ2v) is 7.60. The number of hydrogen-bond acceptors (Lipinski definition) is 5. The number of hydrogen-bond donors (Lipinski definition) is 0. The molecular weight excluding hydrogens is 382 g/mol. The largest absolute Gasteiger partial charge is 0.339 e. The Labute approximate surface area is 166 Å². The van der Waals surface area contributed by atoms with E-state index in [1.54, 1.807) is 4.90 Å². The Morgan fingerprint density at radius 1 is 1.28 bits per heavy atom. The fraction of sp³-hybridized carbons (Fsp3) is 0.500. The summed E-state index contributed by atoms with van der Waals surface area (Å²) in [7, 11) is 0. The van der Waals surface area contributed by atoms with Gasteiger partial charge in [0.2, 0.25) is 11.8 Å². The van der Waals surface area contributed by atoms with E-state index in [-0.39, 0.29) is 17.5 Å². The standard InChI is InChI=1S/C20H22F2N4O3/c1-12(27)26(9-7-18-23-19(29-24-18)13-2-3-13)15-6-8-25(11-15)20(28)16-5-4-14(21)10-17(16)22/h4-5,10,13,15H,2-3,6-9,11H2,1H3. The van der Waals surface area contributed by atoms with Crippen molar-refractivity contribution in [1.82, 2.24) is 19.9 Å². The van der Waals surface area contributed by atoms with Crippen LogP contribution in [0.5, 0.6) is 0 Å². The summed E-state index contributed by atoms with van der Waals surface area (Å²) in [6.45, 7) is 2.60. The highest BCUT2D eigenvalue weighted by Gasteiger charge is 2.33. The number of likely N-dealkylation sites (tertiary alicyclic amines) is 1. The van der Waals surface area contributed by atoms with Crippen molar-refractivity contribution in [3.05, 3.63) is 47.1 Å². The molecule has 2 amide bonds. The second-order valence-electron chi connectivity index (χ2n) is 7.60. The average Bonchev–Trinajstić information content (AvgIpc) is 3.22. The van der Waals surface area contributed by atoms with Gasteiger partial charge in [0.15, 0.2) is 5.82 Å². The highest BCUT2D eigenvalue weighted by atomic mass is 19.1. The van der Waals surface area contributed by atoms with Gasteiger partial charge < -0.3 is 14.3 Å². The van der Waals surface area contributed by atoms with Crippen molar-refractivity contribution in [2.24, 2.45) is 0 Å². The van der Waals surface area contributed by atoms with E-state index in [0.717, 1.165) is 25.0 Å². The molecule has 0 N–H and O–H groups in total. The normalized spacial score (nSPS) is 18.9. The molecule has 29 heavy (non-hydrogen) atoms. The molecule has 2 aromatic rings. The predicted molar refractivity (Wildman–Crippen MR) is 98.0 cm³/mol. The fourth-order valence-electron chi connectivity index (χ4n) is 3.70. The molecule has 1 saturated heterocycles. The average molecular weight is 404 g/mol. The Bertz CT molecular complexity index is 928. The van der Waals surface area contributed by atoms with E-state index in [1.165, 1.54) is 11.8 Å². The third kappa shape index (κ3) is 4.28. The second kappa shape index (κ2) is 7.88. The quantitative estimate of drug-likeness (QED) is 0.739. The molecule has 0 radical (unpaired) electrons. The van der Waals surface area contributed by atoms with Gasteiger partial charge in [0, 0.05) is 45.0 Å². The summed E-state index contributed by atoms with van der Waals surface area (Å²) < 4.78 is 32.3. The van der Waals surface area contributed by atoms with Crippen LogP contribution < -0.4 is 0 Å². The number of benzene rings is 1. The van der Waals surface area contributed by atoms with E-state index in [9.17, 15) is 18.4 Å². The van der Waals surface area contributed by atoms with Crippen LogP contribution in [0.2, 0.25) is 0 Å². The molecule has 0 spiro atoms. The van der Waals surface area contributed by atoms with Crippen LogP contribution in [0.25, 0.3) is 0 Å². The number of aromatic nitrogens is 2. The molecule has 7 nitrogen and oxygen atoms in total. The van der Waals surface area contributed by atoms with Crippen LogP contribution in [0.3, 0.4) is 0 Å². The molecular formula is C20H22F2N4O3. The van der Waals surface area contributed by atoms with Crippen LogP contribution in [-0.4, -0.2) is 57.4 Å². The lowest BCUT2D eigenvalue weighted by Crippen LogP contribution is -2.42. The van der Waals surface area contributed by atoms with Gasteiger partial charge in [-0.25, -0.2) is 8.78 Å². The first-order valence-electron chi connectivity index (χ1n) is 9.76. The molecule has 1 saturated carbocycles. The molecule has 1 aromatic carbocycles. The highest BCUT2D eigenvalue weighted by molar-refractivity contribution is 5.94. The van der Waals surface area contributed by atoms with E-state index in [4.69, 9.17) is 4.52 Å². The molecule has 1 aliphatic heterocycles. The fourth-order valence-corrected chi connectivity index (χ4v) is 3.70. The minimum Gasteiger partial charge on any atom is -0.339 e. The van der Waals surface area contributed by atoms with E-state index in [2.05, 4.69) is 10.1 Å². The first-order chi connectivity index (χ1) is 13.9. The van der Waals surface area contributed by atoms with Gasteiger partial charge in [-0.15, -0.1) is 0 Å². The molecule has 9 heteroatoms. The van der Waals surface area contributed by atoms with E-state index >= 15 is 0 Å². The molecule has 1 aliphatic carbocycles. The zero-order valence-corrected chi connectivity index (χ0v) is 16.1. The summed E-state index contributed by atoms with van der Waals surface area (Å²) in [6, 6.07) is 2.74. The van der Waals surface area contributed by atoms with E-state index in [1.807, 2.05) is 0 Å². The maximum atomic E-state index is 13.9. The summed E-state index contributed by atoms with van der Waals surface area (Å²) in [5.41, 5.74) is -0.166. The lowest BCUT2D eigenvalue weighted by atomic mass is 10.2. The van der Waals surface area contributed by atoms with Crippen molar-refractivity contribution >= 4 is 11.8 Å². The summed E-state index contributed by atoms with van der Waals surface area (Å²) in [5.74, 6) is -0.617. The monoisotopic (exact) mass is 404 g/mol. The van der Waals surface area contributed by atoms with E-state index in [0.29, 0.717) is 56.2 Å². The van der Waals surface area contributed by atoms with Crippen molar-refractivity contribution in [2.75, 3.05) is 19.6 Å². The van der Waals surface area contributed by atoms with Crippen LogP contribution in [0.1, 0.15) is 54.2 Å². The van der Waals surface area contributed by atoms with Crippen LogP contribution >= 0.6 is 0 Å². The first-order valence-corrected chi connectivity index (χ1v) is 9.76. The number of halogens is 2. The first kappa shape index (κ1) is 19.5. The smallest absolute Gasteiger partial charge is 0.256 e. The molecule has 2 aliphatic rings. The van der Waals surface area contributed by atoms with Crippen molar-refractivity contribution in [3.8, 4) is 0 Å². The lowest BCUT2D eigenvalue weighted by Gasteiger charge is -2.27. The van der Waals surface area contributed by atoms with Crippen molar-refractivity contribution in [2.45, 2.75) is 44.6 Å². The maximum Gasteiger partial charge on any atom is 0.256 e. The molecule has 2 heterocycles. The number of carbonyl (C=O) groups excluding carboxylic acids is 2. The maximum absolute atomic E-state index is 13.9. The Morgan fingerprint density at radius 3 is 2.76 bits per heavy atom. The number of nitrogens with zero attached hydrogens (tertiary/aromatic N) is 4. The van der Waals surface area contributed by atoms with Crippen molar-refractivity contribution in [1.29, 1.82) is 0 Å². The van der Waals surface area contributed by atoms with Crippen molar-refractivity contribution < 1.29 is 22.9 Å². The molecule has 1 aromatic heterocycles. The van der Waals surface area contributed by atoms with Gasteiger partial charge in [0.25, 0.3) is 5.91 Å². The number of carbonyl (C=O) groups is 2. The Hall–Kier alpha value is -2.84. The molecule has 4 rings (SSSR count). The van der Waals surface area contributed by atoms with Crippen LogP contribution in [0, 0.1) is 11.6 Å². The van der Waals surface area contributed by atoms with E-state index < -0.39 is 17.5 Å². The topological polar surface area (TPSA) is 79.5 Å². The SMILES string of the molecule is CC(=O)N(CCc1noc(C2CC2)n1)C1CCN(C(=O)c2ccc(F)cc2F)C1. The molecule has 154 valence electrons. The Balaban J connectivity index is 1.38. The van der Waals surface area contributed by atoms with Crippen molar-refractivity contribution in [3.63, 3.8) is 0 Å². The zero-order valence-electron chi connectivity index (χ0n) is 16.1. The molecule has 1 atom stereocenters. The molecule has 1 unspecified atom stereocenters. The third-order valence-corrected chi connectivity index (χ3v) is 5.44. The van der Waals surface area contributed by atoms with Gasteiger partial charge in [0.1, 0.15) is 11.6 Å². The Kier molecular flexibility index (Phi) is 5.29. The third-order valence-electron chi connectivity index (χ3n) is 5.44. The van der Waals surface area contributed by atoms with Gasteiger partial charge in [-0.1, -0.05) is 5.16 Å². The Morgan fingerprint density at radius 2 is 2.07 bits per heavy atom. The minimum absolute atomic E-state index is 0.108. The van der Waals surface area contributed by atoms with Gasteiger partial charge in [-0.3, -0.25) is 9.59 Å². The number of amides is 2. The van der Waals surface area contributed by atoms with Gasteiger partial charge >= 0.3 is 0 Å². The summed E-state index contributed by atoms with van der Waals surface area (Å²) >= 11 is 0. The van der Waals surface area contributed by atoms with Gasteiger partial charge in [0.05, 0.1) is 11.6 Å². The predicted octanol–water partition coefficient (Wildman–Crippen LogP) is 2.53. The van der Waals surface area contributed by atoms with Gasteiger partial charge in [-0.05, 0) is 31.4 Å². The van der Waals surface area contributed by atoms with Crippen LogP contribution in [0.15, 0.2) is 22.7 Å². The summed E-state index contributed by atoms with van der Waals surface area (Å²) in [6.07, 6.45) is 3.20. The zero-order chi connectivity index (χ0) is 20.5. The molecule has 0 bridgehead atoms. The molecule has 2 fully saturated rings.